The molecule has 88 valence electrons. The summed E-state index contributed by atoms with van der Waals surface area (Å²) < 4.78 is 0. The topological polar surface area (TPSA) is 83.6 Å². The first-order valence-electron chi connectivity index (χ1n) is 5.38. The van der Waals surface area contributed by atoms with Crippen LogP contribution in [0.3, 0.4) is 0 Å². The Labute approximate surface area is 90.2 Å². The van der Waals surface area contributed by atoms with Crippen LogP contribution in [0.2, 0.25) is 0 Å². The number of nitrogens with zero attached hydrogens (tertiary/aromatic N) is 1. The molecule has 0 saturated heterocycles. The van der Waals surface area contributed by atoms with Crippen molar-refractivity contribution in [1.82, 2.24) is 5.06 Å². The molecule has 5 heteroatoms. The van der Waals surface area contributed by atoms with Gasteiger partial charge in [0.05, 0.1) is 6.54 Å². The Morgan fingerprint density at radius 3 is 2.27 bits per heavy atom. The van der Waals surface area contributed by atoms with E-state index in [1.807, 2.05) is 0 Å². The number of carbonyl (C=O) groups excluding carboxylic acids is 2. The Kier molecular flexibility index (Phi) is 7.85. The van der Waals surface area contributed by atoms with Gasteiger partial charge in [0, 0.05) is 6.42 Å². The molecule has 0 fully saturated rings. The van der Waals surface area contributed by atoms with Crippen LogP contribution >= 0.6 is 0 Å². The van der Waals surface area contributed by atoms with Crippen molar-refractivity contribution in [2.45, 2.75) is 45.4 Å². The molecule has 0 aromatic heterocycles. The van der Waals surface area contributed by atoms with E-state index in [1.165, 1.54) is 0 Å². The van der Waals surface area contributed by atoms with E-state index < -0.39 is 11.8 Å². The monoisotopic (exact) mass is 216 g/mol. The van der Waals surface area contributed by atoms with E-state index in [4.69, 9.17) is 10.9 Å². The van der Waals surface area contributed by atoms with Gasteiger partial charge in [0.15, 0.2) is 0 Å². The molecule has 15 heavy (non-hydrogen) atoms. The highest BCUT2D eigenvalue weighted by molar-refractivity contribution is 5.94. The first-order valence-corrected chi connectivity index (χ1v) is 5.38. The first kappa shape index (κ1) is 14.1. The van der Waals surface area contributed by atoms with Crippen LogP contribution in [0.1, 0.15) is 45.4 Å². The number of nitrogens with two attached hydrogens (primary N) is 1. The molecule has 0 aromatic rings. The maximum absolute atomic E-state index is 11.2. The Morgan fingerprint density at radius 1 is 1.13 bits per heavy atom. The lowest BCUT2D eigenvalue weighted by Crippen LogP contribution is -2.37. The number of hydrogen-bond donors (Lipinski definition) is 2. The summed E-state index contributed by atoms with van der Waals surface area (Å²) >= 11 is 0. The highest BCUT2D eigenvalue weighted by Gasteiger charge is 2.16. The average molecular weight is 216 g/mol. The SMILES string of the molecule is CCCCCCCC(=O)N(O)C(=O)CN. The molecule has 0 bridgehead atoms. The van der Waals surface area contributed by atoms with Gasteiger partial charge in [-0.25, -0.2) is 0 Å². The number of hydroxylamine groups is 2. The predicted molar refractivity (Wildman–Crippen MR) is 56.1 cm³/mol. The third-order valence-corrected chi connectivity index (χ3v) is 2.14. The van der Waals surface area contributed by atoms with Crippen molar-refractivity contribution < 1.29 is 14.8 Å². The molecule has 0 heterocycles. The van der Waals surface area contributed by atoms with Gasteiger partial charge in [-0.3, -0.25) is 14.8 Å². The van der Waals surface area contributed by atoms with E-state index >= 15 is 0 Å². The number of rotatable bonds is 7. The predicted octanol–water partition coefficient (Wildman–Crippen LogP) is 1.05. The molecule has 5 nitrogen and oxygen atoms in total. The minimum absolute atomic E-state index is 0.125. The van der Waals surface area contributed by atoms with Crippen LogP contribution < -0.4 is 5.73 Å². The summed E-state index contributed by atoms with van der Waals surface area (Å²) in [5.41, 5.74) is 5.00. The fourth-order valence-electron chi connectivity index (χ4n) is 1.21. The minimum atomic E-state index is -0.756. The third kappa shape index (κ3) is 6.19. The Hall–Kier alpha value is -0.940. The lowest BCUT2D eigenvalue weighted by atomic mass is 10.1. The van der Waals surface area contributed by atoms with Crippen molar-refractivity contribution in [1.29, 1.82) is 0 Å². The quantitative estimate of drug-likeness (QED) is 0.378. The van der Waals surface area contributed by atoms with Crippen molar-refractivity contribution >= 4 is 11.8 Å². The number of hydrogen-bond acceptors (Lipinski definition) is 4. The van der Waals surface area contributed by atoms with Gasteiger partial charge in [-0.15, -0.1) is 0 Å². The van der Waals surface area contributed by atoms with Crippen molar-refractivity contribution in [2.24, 2.45) is 5.73 Å². The molecule has 0 atom stereocenters. The van der Waals surface area contributed by atoms with Crippen molar-refractivity contribution in [3.8, 4) is 0 Å². The fraction of sp³-hybridized carbons (Fsp3) is 0.800. The maximum atomic E-state index is 11.2. The van der Waals surface area contributed by atoms with Gasteiger partial charge in [0.25, 0.3) is 11.8 Å². The van der Waals surface area contributed by atoms with E-state index in [0.717, 1.165) is 25.7 Å². The summed E-state index contributed by atoms with van der Waals surface area (Å²) in [6, 6.07) is 0. The second-order valence-corrected chi connectivity index (χ2v) is 3.47. The lowest BCUT2D eigenvalue weighted by Gasteiger charge is -2.11. The average Bonchev–Trinajstić information content (AvgIpc) is 2.26. The number of imide groups is 1. The normalized spacial score (nSPS) is 10.1. The zero-order chi connectivity index (χ0) is 11.7. The molecular weight excluding hydrogens is 196 g/mol. The summed E-state index contributed by atoms with van der Waals surface area (Å²) in [5, 5.41) is 9.17. The molecule has 0 saturated carbocycles. The summed E-state index contributed by atoms with van der Waals surface area (Å²) in [7, 11) is 0. The zero-order valence-corrected chi connectivity index (χ0v) is 9.24. The fourth-order valence-corrected chi connectivity index (χ4v) is 1.21. The van der Waals surface area contributed by atoms with Gasteiger partial charge in [-0.1, -0.05) is 32.6 Å². The molecule has 0 aliphatic carbocycles. The Morgan fingerprint density at radius 2 is 1.73 bits per heavy atom. The highest BCUT2D eigenvalue weighted by atomic mass is 16.5. The third-order valence-electron chi connectivity index (χ3n) is 2.14. The molecule has 0 unspecified atom stereocenters. The Balaban J connectivity index is 3.60. The van der Waals surface area contributed by atoms with Gasteiger partial charge in [0.2, 0.25) is 0 Å². The minimum Gasteiger partial charge on any atom is -0.322 e. The molecule has 0 aromatic carbocycles. The van der Waals surface area contributed by atoms with Crippen molar-refractivity contribution in [2.75, 3.05) is 6.54 Å². The van der Waals surface area contributed by atoms with Gasteiger partial charge in [0.1, 0.15) is 0 Å². The summed E-state index contributed by atoms with van der Waals surface area (Å²) in [6.45, 7) is 1.76. The van der Waals surface area contributed by atoms with Crippen LogP contribution in [-0.4, -0.2) is 28.6 Å². The van der Waals surface area contributed by atoms with Gasteiger partial charge in [-0.2, -0.15) is 5.06 Å². The van der Waals surface area contributed by atoms with Crippen LogP contribution in [0, 0.1) is 0 Å². The second-order valence-electron chi connectivity index (χ2n) is 3.47. The first-order chi connectivity index (χ1) is 7.13. The maximum Gasteiger partial charge on any atom is 0.266 e. The largest absolute Gasteiger partial charge is 0.322 e. The summed E-state index contributed by atoms with van der Waals surface area (Å²) in [4.78, 5) is 22.0. The lowest BCUT2D eigenvalue weighted by molar-refractivity contribution is -0.178. The molecule has 0 spiro atoms. The van der Waals surface area contributed by atoms with Crippen molar-refractivity contribution in [3.63, 3.8) is 0 Å². The Bertz CT molecular complexity index is 207. The van der Waals surface area contributed by atoms with Gasteiger partial charge >= 0.3 is 0 Å². The highest BCUT2D eigenvalue weighted by Crippen LogP contribution is 2.06. The van der Waals surface area contributed by atoms with Crippen LogP contribution in [0.25, 0.3) is 0 Å². The van der Waals surface area contributed by atoms with Crippen LogP contribution in [-0.2, 0) is 9.59 Å². The molecule has 3 N–H and O–H groups in total. The second kappa shape index (κ2) is 8.38. The van der Waals surface area contributed by atoms with Crippen LogP contribution in [0.5, 0.6) is 0 Å². The molecule has 0 aliphatic heterocycles. The molecule has 2 amide bonds. The van der Waals surface area contributed by atoms with Crippen LogP contribution in [0.4, 0.5) is 0 Å². The number of unbranched alkanes of at least 4 members (excludes halogenated alkanes) is 4. The molecule has 0 rings (SSSR count). The standard InChI is InChI=1S/C10H20N2O3/c1-2-3-4-5-6-7-9(13)12(15)10(14)8-11/h15H,2-8,11H2,1H3. The molecule has 0 aliphatic rings. The van der Waals surface area contributed by atoms with E-state index in [2.05, 4.69) is 6.92 Å². The van der Waals surface area contributed by atoms with E-state index in [9.17, 15) is 9.59 Å². The smallest absolute Gasteiger partial charge is 0.266 e. The number of amides is 2. The van der Waals surface area contributed by atoms with E-state index in [0.29, 0.717) is 6.42 Å². The van der Waals surface area contributed by atoms with Gasteiger partial charge < -0.3 is 5.73 Å². The van der Waals surface area contributed by atoms with Crippen molar-refractivity contribution in [3.05, 3.63) is 0 Å². The summed E-state index contributed by atoms with van der Waals surface area (Å²) in [5.74, 6) is -1.32. The van der Waals surface area contributed by atoms with Gasteiger partial charge in [-0.05, 0) is 6.42 Å². The van der Waals surface area contributed by atoms with E-state index in [-0.39, 0.29) is 18.0 Å². The molecular formula is C10H20N2O3. The summed E-state index contributed by atoms with van der Waals surface area (Å²) in [6.07, 6.45) is 5.23. The van der Waals surface area contributed by atoms with Crippen LogP contribution in [0.15, 0.2) is 0 Å². The van der Waals surface area contributed by atoms with E-state index in [1.54, 1.807) is 0 Å². The molecule has 0 radical (unpaired) electrons. The zero-order valence-electron chi connectivity index (χ0n) is 9.24. The number of carbonyl (C=O) groups is 2.